The standard InChI is InChI=1S/C34H30BrClN2O2/c1-21-9-14-31-29(15-21)27-7-4-8-28(27)33(38-31)24-10-12-26(13-11-24)37-19-23-17-30(35)34(32(18-23)39-2)40-20-22-5-3-6-25(36)16-22/h3-7,9-19,27-28,33,38H,8,20H2,1-2H3/t27-,28+,33+/m1/s1. The SMILES string of the molecule is COc1cc(C=Nc2ccc([C@@H]3Nc4ccc(C)cc4[C@@H]4C=CC[C@@H]43)cc2)cc(Br)c1OCc1cccc(Cl)c1. The molecule has 4 nitrogen and oxygen atoms in total. The van der Waals surface area contributed by atoms with Crippen molar-refractivity contribution in [2.45, 2.75) is 31.9 Å². The Labute approximate surface area is 248 Å². The molecule has 1 aliphatic carbocycles. The minimum absolute atomic E-state index is 0.271. The van der Waals surface area contributed by atoms with Gasteiger partial charge in [-0.25, -0.2) is 0 Å². The van der Waals surface area contributed by atoms with Crippen LogP contribution < -0.4 is 14.8 Å². The number of nitrogens with one attached hydrogen (secondary N) is 1. The average molecular weight is 614 g/mol. The summed E-state index contributed by atoms with van der Waals surface area (Å²) in [5, 5.41) is 4.50. The predicted molar refractivity (Wildman–Crippen MR) is 168 cm³/mol. The Kier molecular flexibility index (Phi) is 7.68. The Morgan fingerprint density at radius 2 is 1.90 bits per heavy atom. The van der Waals surface area contributed by atoms with E-state index in [0.717, 1.165) is 27.7 Å². The van der Waals surface area contributed by atoms with Crippen LogP contribution >= 0.6 is 27.5 Å². The van der Waals surface area contributed by atoms with Crippen molar-refractivity contribution >= 4 is 45.1 Å². The average Bonchev–Trinajstić information content (AvgIpc) is 3.46. The molecule has 1 aliphatic heterocycles. The van der Waals surface area contributed by atoms with Gasteiger partial charge in [0.2, 0.25) is 0 Å². The van der Waals surface area contributed by atoms with Crippen LogP contribution in [0.2, 0.25) is 5.02 Å². The lowest BCUT2D eigenvalue weighted by Crippen LogP contribution is -2.29. The van der Waals surface area contributed by atoms with E-state index < -0.39 is 0 Å². The lowest BCUT2D eigenvalue weighted by Gasteiger charge is -2.37. The van der Waals surface area contributed by atoms with Gasteiger partial charge in [0.05, 0.1) is 23.3 Å². The Balaban J connectivity index is 1.17. The zero-order valence-corrected chi connectivity index (χ0v) is 24.7. The predicted octanol–water partition coefficient (Wildman–Crippen LogP) is 9.58. The van der Waals surface area contributed by atoms with Crippen molar-refractivity contribution in [1.82, 2.24) is 0 Å². The molecule has 0 spiro atoms. The van der Waals surface area contributed by atoms with Gasteiger partial charge in [-0.1, -0.05) is 65.7 Å². The molecule has 3 atom stereocenters. The highest BCUT2D eigenvalue weighted by molar-refractivity contribution is 9.10. The molecule has 202 valence electrons. The zero-order valence-electron chi connectivity index (χ0n) is 22.4. The summed E-state index contributed by atoms with van der Waals surface area (Å²) < 4.78 is 12.5. The van der Waals surface area contributed by atoms with Crippen LogP contribution in [-0.2, 0) is 6.61 Å². The molecule has 0 amide bonds. The minimum Gasteiger partial charge on any atom is -0.493 e. The Morgan fingerprint density at radius 3 is 2.70 bits per heavy atom. The number of fused-ring (bicyclic) bond motifs is 3. The third-order valence-corrected chi connectivity index (χ3v) is 8.48. The quantitative estimate of drug-likeness (QED) is 0.167. The van der Waals surface area contributed by atoms with E-state index in [-0.39, 0.29) is 6.04 Å². The minimum atomic E-state index is 0.271. The molecular formula is C34H30BrClN2O2. The number of nitrogens with zero attached hydrogens (tertiary/aromatic N) is 1. The van der Waals surface area contributed by atoms with Gasteiger partial charge in [0, 0.05) is 22.8 Å². The normalized spacial score (nSPS) is 19.2. The summed E-state index contributed by atoms with van der Waals surface area (Å²) in [6, 6.07) is 27.1. The molecule has 4 aromatic carbocycles. The van der Waals surface area contributed by atoms with Crippen molar-refractivity contribution in [2.75, 3.05) is 12.4 Å². The van der Waals surface area contributed by atoms with E-state index in [9.17, 15) is 0 Å². The van der Waals surface area contributed by atoms with Gasteiger partial charge in [-0.15, -0.1) is 0 Å². The van der Waals surface area contributed by atoms with Crippen molar-refractivity contribution in [3.63, 3.8) is 0 Å². The molecular weight excluding hydrogens is 584 g/mol. The van der Waals surface area contributed by atoms with Gasteiger partial charge < -0.3 is 14.8 Å². The number of anilines is 1. The molecule has 0 saturated carbocycles. The van der Waals surface area contributed by atoms with Crippen molar-refractivity contribution in [1.29, 1.82) is 0 Å². The second-order valence-corrected chi connectivity index (χ2v) is 11.7. The van der Waals surface area contributed by atoms with Gasteiger partial charge in [-0.3, -0.25) is 4.99 Å². The molecule has 0 aromatic heterocycles. The molecule has 0 fully saturated rings. The van der Waals surface area contributed by atoms with Crippen LogP contribution in [0.15, 0.2) is 100 Å². The van der Waals surface area contributed by atoms with E-state index >= 15 is 0 Å². The van der Waals surface area contributed by atoms with Gasteiger partial charge in [0.15, 0.2) is 11.5 Å². The van der Waals surface area contributed by atoms with E-state index in [1.54, 1.807) is 7.11 Å². The first-order chi connectivity index (χ1) is 19.5. The summed E-state index contributed by atoms with van der Waals surface area (Å²) in [6.45, 7) is 2.55. The number of methoxy groups -OCH3 is 1. The summed E-state index contributed by atoms with van der Waals surface area (Å²) >= 11 is 9.74. The molecule has 0 radical (unpaired) electrons. The highest BCUT2D eigenvalue weighted by Gasteiger charge is 2.37. The Morgan fingerprint density at radius 1 is 1.05 bits per heavy atom. The fraction of sp³-hybridized carbons (Fsp3) is 0.206. The van der Waals surface area contributed by atoms with Crippen molar-refractivity contribution in [3.8, 4) is 11.5 Å². The highest BCUT2D eigenvalue weighted by Crippen LogP contribution is 2.50. The number of rotatable bonds is 7. The third-order valence-electron chi connectivity index (χ3n) is 7.66. The largest absolute Gasteiger partial charge is 0.493 e. The smallest absolute Gasteiger partial charge is 0.175 e. The molecule has 0 unspecified atom stereocenters. The summed E-state index contributed by atoms with van der Waals surface area (Å²) in [4.78, 5) is 4.73. The molecule has 0 bridgehead atoms. The number of halogens is 2. The monoisotopic (exact) mass is 612 g/mol. The molecule has 6 heteroatoms. The number of hydrogen-bond donors (Lipinski definition) is 1. The fourth-order valence-electron chi connectivity index (χ4n) is 5.70. The first kappa shape index (κ1) is 26.7. The van der Waals surface area contributed by atoms with Gasteiger partial charge in [-0.2, -0.15) is 0 Å². The first-order valence-corrected chi connectivity index (χ1v) is 14.6. The maximum absolute atomic E-state index is 6.11. The van der Waals surface area contributed by atoms with E-state index in [0.29, 0.717) is 35.0 Å². The molecule has 1 heterocycles. The molecule has 0 saturated heterocycles. The number of hydrogen-bond acceptors (Lipinski definition) is 4. The Bertz CT molecular complexity index is 1600. The van der Waals surface area contributed by atoms with Crippen LogP contribution in [0.5, 0.6) is 11.5 Å². The number of ether oxygens (including phenoxy) is 2. The molecule has 2 aliphatic rings. The lowest BCUT2D eigenvalue weighted by molar-refractivity contribution is 0.282. The maximum Gasteiger partial charge on any atom is 0.175 e. The van der Waals surface area contributed by atoms with E-state index in [1.165, 1.54) is 22.4 Å². The molecule has 6 rings (SSSR count). The number of aliphatic imine (C=N–C) groups is 1. The molecule has 40 heavy (non-hydrogen) atoms. The van der Waals surface area contributed by atoms with Crippen molar-refractivity contribution < 1.29 is 9.47 Å². The fourth-order valence-corrected chi connectivity index (χ4v) is 6.48. The van der Waals surface area contributed by atoms with E-state index in [1.807, 2.05) is 42.6 Å². The summed E-state index contributed by atoms with van der Waals surface area (Å²) in [6.07, 6.45) is 7.65. The summed E-state index contributed by atoms with van der Waals surface area (Å²) in [5.74, 6) is 2.25. The second kappa shape index (κ2) is 11.5. The number of benzene rings is 4. The van der Waals surface area contributed by atoms with Crippen LogP contribution in [-0.4, -0.2) is 13.3 Å². The third kappa shape index (κ3) is 5.54. The van der Waals surface area contributed by atoms with Crippen LogP contribution in [0.25, 0.3) is 0 Å². The van der Waals surface area contributed by atoms with Crippen LogP contribution in [0.4, 0.5) is 11.4 Å². The summed E-state index contributed by atoms with van der Waals surface area (Å²) in [5.41, 5.74) is 8.04. The lowest BCUT2D eigenvalue weighted by atomic mass is 9.76. The Hall–Kier alpha value is -3.54. The van der Waals surface area contributed by atoms with Crippen LogP contribution in [0.1, 0.15) is 46.2 Å². The number of allylic oxidation sites excluding steroid dienone is 2. The van der Waals surface area contributed by atoms with Gasteiger partial charge in [0.25, 0.3) is 0 Å². The van der Waals surface area contributed by atoms with Gasteiger partial charge in [-0.05, 0) is 99.9 Å². The highest BCUT2D eigenvalue weighted by atomic mass is 79.9. The second-order valence-electron chi connectivity index (χ2n) is 10.4. The van der Waals surface area contributed by atoms with Crippen LogP contribution in [0, 0.1) is 12.8 Å². The molecule has 1 N–H and O–H groups in total. The van der Waals surface area contributed by atoms with Gasteiger partial charge >= 0.3 is 0 Å². The summed E-state index contributed by atoms with van der Waals surface area (Å²) in [7, 11) is 1.64. The topological polar surface area (TPSA) is 42.8 Å². The zero-order chi connectivity index (χ0) is 27.6. The van der Waals surface area contributed by atoms with Crippen LogP contribution in [0.3, 0.4) is 0 Å². The van der Waals surface area contributed by atoms with Gasteiger partial charge in [0.1, 0.15) is 6.61 Å². The first-order valence-electron chi connectivity index (χ1n) is 13.4. The van der Waals surface area contributed by atoms with E-state index in [2.05, 4.69) is 82.8 Å². The number of aryl methyl sites for hydroxylation is 1. The van der Waals surface area contributed by atoms with E-state index in [4.69, 9.17) is 26.1 Å². The molecule has 4 aromatic rings. The maximum atomic E-state index is 6.11. The van der Waals surface area contributed by atoms with Crippen molar-refractivity contribution in [2.24, 2.45) is 10.9 Å². The van der Waals surface area contributed by atoms with Crippen molar-refractivity contribution in [3.05, 3.63) is 128 Å².